The number of nitrogens with zero attached hydrogens (tertiary/aromatic N) is 4. The molecule has 0 aliphatic heterocycles. The highest BCUT2D eigenvalue weighted by Crippen LogP contribution is 2.21. The van der Waals surface area contributed by atoms with Gasteiger partial charge in [0.25, 0.3) is 5.56 Å². The van der Waals surface area contributed by atoms with Gasteiger partial charge < -0.3 is 0 Å². The molecule has 24 heavy (non-hydrogen) atoms. The van der Waals surface area contributed by atoms with Gasteiger partial charge in [0.15, 0.2) is 5.82 Å². The molecule has 0 radical (unpaired) electrons. The Morgan fingerprint density at radius 3 is 2.67 bits per heavy atom. The van der Waals surface area contributed by atoms with Crippen LogP contribution in [0, 0.1) is 13.8 Å². The molecular weight excluding hydrogens is 324 g/mol. The van der Waals surface area contributed by atoms with Crippen LogP contribution in [0.4, 0.5) is 0 Å². The number of fused-ring (bicyclic) bond motifs is 3. The van der Waals surface area contributed by atoms with Crippen molar-refractivity contribution in [1.82, 2.24) is 19.2 Å². The minimum atomic E-state index is -0.111. The van der Waals surface area contributed by atoms with Crippen LogP contribution in [0.1, 0.15) is 17.0 Å². The van der Waals surface area contributed by atoms with Gasteiger partial charge in [0.1, 0.15) is 0 Å². The quantitative estimate of drug-likeness (QED) is 0.526. The SMILES string of the molecule is Cc1ccc(C)c(-n2c(=O)c3ccccc3n3c(CCl)nnc23)c1. The molecule has 4 aromatic rings. The van der Waals surface area contributed by atoms with E-state index < -0.39 is 0 Å². The molecule has 2 aromatic heterocycles. The normalized spacial score (nSPS) is 11.5. The molecule has 0 saturated carbocycles. The maximum Gasteiger partial charge on any atom is 0.267 e. The Bertz CT molecular complexity index is 1140. The van der Waals surface area contributed by atoms with Crippen LogP contribution in [0.3, 0.4) is 0 Å². The van der Waals surface area contributed by atoms with Gasteiger partial charge in [-0.1, -0.05) is 24.3 Å². The van der Waals surface area contributed by atoms with Gasteiger partial charge in [-0.3, -0.25) is 9.20 Å². The van der Waals surface area contributed by atoms with E-state index >= 15 is 0 Å². The zero-order valence-corrected chi connectivity index (χ0v) is 14.1. The minimum Gasteiger partial charge on any atom is -0.268 e. The Morgan fingerprint density at radius 2 is 1.88 bits per heavy atom. The second-order valence-corrected chi connectivity index (χ2v) is 6.10. The number of alkyl halides is 1. The summed E-state index contributed by atoms with van der Waals surface area (Å²) in [5, 5.41) is 9.01. The first-order valence-corrected chi connectivity index (χ1v) is 8.16. The smallest absolute Gasteiger partial charge is 0.267 e. The lowest BCUT2D eigenvalue weighted by Gasteiger charge is -2.13. The lowest BCUT2D eigenvalue weighted by Crippen LogP contribution is -2.22. The van der Waals surface area contributed by atoms with Gasteiger partial charge in [0, 0.05) is 0 Å². The van der Waals surface area contributed by atoms with E-state index in [4.69, 9.17) is 11.6 Å². The largest absolute Gasteiger partial charge is 0.268 e. The summed E-state index contributed by atoms with van der Waals surface area (Å²) < 4.78 is 3.47. The summed E-state index contributed by atoms with van der Waals surface area (Å²) in [6.45, 7) is 3.98. The van der Waals surface area contributed by atoms with Crippen LogP contribution >= 0.6 is 11.6 Å². The lowest BCUT2D eigenvalue weighted by molar-refractivity contribution is 0.953. The molecule has 4 rings (SSSR count). The van der Waals surface area contributed by atoms with Crippen LogP contribution in [0.15, 0.2) is 47.3 Å². The van der Waals surface area contributed by atoms with Crippen LogP contribution < -0.4 is 5.56 Å². The Labute approximate surface area is 143 Å². The molecule has 0 aliphatic carbocycles. The molecule has 0 atom stereocenters. The number of halogens is 1. The maximum atomic E-state index is 13.2. The molecule has 2 heterocycles. The van der Waals surface area contributed by atoms with E-state index in [1.165, 1.54) is 0 Å². The number of hydrogen-bond acceptors (Lipinski definition) is 3. The lowest BCUT2D eigenvalue weighted by atomic mass is 10.1. The fourth-order valence-corrected chi connectivity index (χ4v) is 3.20. The van der Waals surface area contributed by atoms with E-state index in [1.807, 2.05) is 60.7 Å². The summed E-state index contributed by atoms with van der Waals surface area (Å²) in [5.41, 5.74) is 3.53. The van der Waals surface area contributed by atoms with Gasteiger partial charge >= 0.3 is 0 Å². The van der Waals surface area contributed by atoms with Gasteiger partial charge in [-0.25, -0.2) is 4.57 Å². The molecule has 6 heteroatoms. The van der Waals surface area contributed by atoms with Gasteiger partial charge in [0.2, 0.25) is 5.78 Å². The van der Waals surface area contributed by atoms with Crippen LogP contribution in [0.2, 0.25) is 0 Å². The van der Waals surface area contributed by atoms with Crippen LogP contribution in [0.5, 0.6) is 0 Å². The van der Waals surface area contributed by atoms with Gasteiger partial charge in [0.05, 0.1) is 22.5 Å². The second-order valence-electron chi connectivity index (χ2n) is 5.83. The summed E-state index contributed by atoms with van der Waals surface area (Å²) in [6, 6.07) is 13.5. The van der Waals surface area contributed by atoms with Crippen molar-refractivity contribution in [1.29, 1.82) is 0 Å². The van der Waals surface area contributed by atoms with E-state index in [-0.39, 0.29) is 11.4 Å². The summed E-state index contributed by atoms with van der Waals surface area (Å²) >= 11 is 6.03. The maximum absolute atomic E-state index is 13.2. The van der Waals surface area contributed by atoms with Gasteiger partial charge in [-0.05, 0) is 43.2 Å². The van der Waals surface area contributed by atoms with Crippen molar-refractivity contribution >= 4 is 28.3 Å². The minimum absolute atomic E-state index is 0.111. The third-order valence-electron chi connectivity index (χ3n) is 4.22. The van der Waals surface area contributed by atoms with Crippen molar-refractivity contribution in [3.63, 3.8) is 0 Å². The van der Waals surface area contributed by atoms with E-state index in [2.05, 4.69) is 10.2 Å². The molecule has 0 spiro atoms. The molecule has 5 nitrogen and oxygen atoms in total. The summed E-state index contributed by atoms with van der Waals surface area (Å²) in [5.74, 6) is 1.31. The first-order chi connectivity index (χ1) is 11.6. The molecule has 0 aliphatic rings. The van der Waals surface area contributed by atoms with Crippen molar-refractivity contribution in [2.45, 2.75) is 19.7 Å². The summed E-state index contributed by atoms with van der Waals surface area (Å²) in [4.78, 5) is 13.2. The second kappa shape index (κ2) is 5.46. The van der Waals surface area contributed by atoms with E-state index in [9.17, 15) is 4.79 Å². The molecule has 0 saturated heterocycles. The predicted molar refractivity (Wildman–Crippen MR) is 95.1 cm³/mol. The molecule has 120 valence electrons. The molecule has 0 N–H and O–H groups in total. The summed E-state index contributed by atoms with van der Waals surface area (Å²) in [6.07, 6.45) is 0. The molecular formula is C18H15ClN4O. The Kier molecular flexibility index (Phi) is 3.39. The number of rotatable bonds is 2. The average molecular weight is 339 g/mol. The Balaban J connectivity index is 2.27. The highest BCUT2D eigenvalue weighted by molar-refractivity contribution is 6.16. The number of aromatic nitrogens is 4. The Morgan fingerprint density at radius 1 is 1.08 bits per heavy atom. The number of para-hydroxylation sites is 1. The van der Waals surface area contributed by atoms with Crippen molar-refractivity contribution in [3.8, 4) is 5.69 Å². The standard InChI is InChI=1S/C18H15ClN4O/c1-11-7-8-12(2)15(9-11)23-17(24)13-5-3-4-6-14(13)22-16(10-19)20-21-18(22)23/h3-9H,10H2,1-2H3. The zero-order chi connectivity index (χ0) is 16.8. The summed E-state index contributed by atoms with van der Waals surface area (Å²) in [7, 11) is 0. The van der Waals surface area contributed by atoms with E-state index in [1.54, 1.807) is 4.57 Å². The average Bonchev–Trinajstić information content (AvgIpc) is 3.02. The third kappa shape index (κ3) is 2.05. The van der Waals surface area contributed by atoms with E-state index in [0.29, 0.717) is 17.0 Å². The van der Waals surface area contributed by atoms with Gasteiger partial charge in [-0.15, -0.1) is 21.8 Å². The first kappa shape index (κ1) is 14.9. The topological polar surface area (TPSA) is 52.2 Å². The monoisotopic (exact) mass is 338 g/mol. The van der Waals surface area contributed by atoms with Crippen LogP contribution in [-0.4, -0.2) is 19.2 Å². The van der Waals surface area contributed by atoms with Crippen molar-refractivity contribution in [2.24, 2.45) is 0 Å². The third-order valence-corrected chi connectivity index (χ3v) is 4.46. The highest BCUT2D eigenvalue weighted by Gasteiger charge is 2.18. The fourth-order valence-electron chi connectivity index (χ4n) is 3.02. The zero-order valence-electron chi connectivity index (χ0n) is 13.3. The molecule has 0 amide bonds. The number of benzene rings is 2. The fraction of sp³-hybridized carbons (Fsp3) is 0.167. The van der Waals surface area contributed by atoms with E-state index in [0.717, 1.165) is 22.3 Å². The number of hydrogen-bond donors (Lipinski definition) is 0. The molecule has 0 fully saturated rings. The van der Waals surface area contributed by atoms with Crippen molar-refractivity contribution in [3.05, 3.63) is 69.8 Å². The molecule has 0 unspecified atom stereocenters. The van der Waals surface area contributed by atoms with Crippen molar-refractivity contribution in [2.75, 3.05) is 0 Å². The van der Waals surface area contributed by atoms with Gasteiger partial charge in [-0.2, -0.15) is 0 Å². The predicted octanol–water partition coefficient (Wildman–Crippen LogP) is 3.39. The molecule has 2 aromatic carbocycles. The first-order valence-electron chi connectivity index (χ1n) is 7.63. The van der Waals surface area contributed by atoms with Crippen LogP contribution in [-0.2, 0) is 5.88 Å². The van der Waals surface area contributed by atoms with Crippen LogP contribution in [0.25, 0.3) is 22.4 Å². The highest BCUT2D eigenvalue weighted by atomic mass is 35.5. The van der Waals surface area contributed by atoms with Crippen molar-refractivity contribution < 1.29 is 0 Å². The Hall–Kier alpha value is -2.66. The number of aryl methyl sites for hydroxylation is 2. The molecule has 0 bridgehead atoms.